The molecule has 0 amide bonds. The molecule has 2 heterocycles. The van der Waals surface area contributed by atoms with Gasteiger partial charge < -0.3 is 9.64 Å². The Bertz CT molecular complexity index is 1250. The molecule has 0 radical (unpaired) electrons. The topological polar surface area (TPSA) is 61.9 Å². The summed E-state index contributed by atoms with van der Waals surface area (Å²) in [4.78, 5) is 4.47. The van der Waals surface area contributed by atoms with Gasteiger partial charge in [-0.1, -0.05) is 54.6 Å². The molecule has 2 aliphatic rings. The van der Waals surface area contributed by atoms with Gasteiger partial charge in [-0.05, 0) is 30.2 Å². The third kappa shape index (κ3) is 4.94. The zero-order valence-corrected chi connectivity index (χ0v) is 19.7. The molecule has 0 aliphatic carbocycles. The predicted molar refractivity (Wildman–Crippen MR) is 130 cm³/mol. The van der Waals surface area contributed by atoms with Crippen molar-refractivity contribution >= 4 is 15.7 Å². The average Bonchev–Trinajstić information content (AvgIpc) is 2.97. The first-order valence-electron chi connectivity index (χ1n) is 11.5. The van der Waals surface area contributed by atoms with Crippen molar-refractivity contribution in [3.8, 4) is 5.75 Å². The number of hydrogen-bond donors (Lipinski definition) is 1. The van der Waals surface area contributed by atoms with Gasteiger partial charge in [0.15, 0.2) is 0 Å². The largest absolute Gasteiger partial charge is 0.490 e. The number of hydrogen-bond acceptors (Lipinski definition) is 5. The molecule has 6 nitrogen and oxygen atoms in total. The Labute approximate surface area is 200 Å². The lowest BCUT2D eigenvalue weighted by atomic mass is 10.1. The third-order valence-corrected chi connectivity index (χ3v) is 7.97. The second-order valence-electron chi connectivity index (χ2n) is 8.78. The van der Waals surface area contributed by atoms with E-state index < -0.39 is 10.0 Å². The fraction of sp³-hybridized carbons (Fsp3) is 0.308. The molecule has 2 aliphatic heterocycles. The molecule has 0 saturated carbocycles. The van der Waals surface area contributed by atoms with E-state index in [2.05, 4.69) is 14.5 Å². The summed E-state index contributed by atoms with van der Waals surface area (Å²) in [5.41, 5.74) is 2.38. The van der Waals surface area contributed by atoms with Gasteiger partial charge in [0.25, 0.3) is 0 Å². The number of anilines is 1. The average molecular weight is 482 g/mol. The summed E-state index contributed by atoms with van der Waals surface area (Å²) in [6.07, 6.45) is 0.554. The number of halogens is 1. The van der Waals surface area contributed by atoms with E-state index in [9.17, 15) is 12.8 Å². The zero-order chi connectivity index (χ0) is 23.5. The summed E-state index contributed by atoms with van der Waals surface area (Å²) < 4.78 is 49.8. The van der Waals surface area contributed by atoms with E-state index in [4.69, 9.17) is 4.74 Å². The number of fused-ring (bicyclic) bond motifs is 1. The van der Waals surface area contributed by atoms with E-state index in [1.165, 1.54) is 6.07 Å². The lowest BCUT2D eigenvalue weighted by molar-refractivity contribution is 0.246. The summed E-state index contributed by atoms with van der Waals surface area (Å²) >= 11 is 0. The van der Waals surface area contributed by atoms with Crippen LogP contribution in [0.15, 0.2) is 77.7 Å². The summed E-state index contributed by atoms with van der Waals surface area (Å²) in [6, 6.07) is 21.7. The number of sulfonamides is 1. The Hall–Kier alpha value is -2.94. The van der Waals surface area contributed by atoms with Crippen LogP contribution in [0.5, 0.6) is 5.75 Å². The second kappa shape index (κ2) is 9.74. The molecule has 0 bridgehead atoms. The molecular formula is C26H28FN3O3S. The first-order chi connectivity index (χ1) is 16.5. The van der Waals surface area contributed by atoms with E-state index in [0.717, 1.165) is 5.56 Å². The maximum absolute atomic E-state index is 14.0. The van der Waals surface area contributed by atoms with Gasteiger partial charge in [-0.2, -0.15) is 0 Å². The molecule has 178 valence electrons. The van der Waals surface area contributed by atoms with Crippen LogP contribution in [0, 0.1) is 5.82 Å². The van der Waals surface area contributed by atoms with Gasteiger partial charge in [-0.15, -0.1) is 0 Å². The van der Waals surface area contributed by atoms with Crippen molar-refractivity contribution in [3.05, 3.63) is 89.7 Å². The standard InChI is InChI=1S/C26H28FN3O3S/c27-23-10-5-4-9-21(23)18-29-13-15-30(16-14-29)24-11-6-12-25-26(24)34(31,32)28-22(19-33-25)17-20-7-2-1-3-8-20/h1-12,22,28H,13-19H2/t22-/m1/s1. The van der Waals surface area contributed by atoms with Crippen LogP contribution in [-0.4, -0.2) is 52.1 Å². The number of benzene rings is 3. The van der Waals surface area contributed by atoms with Gasteiger partial charge in [0.1, 0.15) is 23.1 Å². The molecular weight excluding hydrogens is 453 g/mol. The molecule has 8 heteroatoms. The molecule has 1 atom stereocenters. The predicted octanol–water partition coefficient (Wildman–Crippen LogP) is 3.43. The molecule has 0 aromatic heterocycles. The van der Waals surface area contributed by atoms with Crippen molar-refractivity contribution in [3.63, 3.8) is 0 Å². The number of ether oxygens (including phenoxy) is 1. The number of nitrogens with zero attached hydrogens (tertiary/aromatic N) is 2. The second-order valence-corrected chi connectivity index (χ2v) is 10.4. The Morgan fingerprint density at radius 2 is 1.65 bits per heavy atom. The highest BCUT2D eigenvalue weighted by Crippen LogP contribution is 2.36. The summed E-state index contributed by atoms with van der Waals surface area (Å²) in [6.45, 7) is 3.52. The molecule has 3 aromatic rings. The highest BCUT2D eigenvalue weighted by molar-refractivity contribution is 7.89. The molecule has 0 unspecified atom stereocenters. The van der Waals surface area contributed by atoms with Crippen LogP contribution in [0.4, 0.5) is 10.1 Å². The van der Waals surface area contributed by atoms with Crippen molar-refractivity contribution in [2.24, 2.45) is 0 Å². The van der Waals surface area contributed by atoms with Crippen LogP contribution in [0.25, 0.3) is 0 Å². The Morgan fingerprint density at radius 3 is 2.41 bits per heavy atom. The van der Waals surface area contributed by atoms with Gasteiger partial charge in [-0.3, -0.25) is 4.90 Å². The minimum Gasteiger partial charge on any atom is -0.490 e. The number of rotatable bonds is 5. The number of piperazine rings is 1. The quantitative estimate of drug-likeness (QED) is 0.605. The van der Waals surface area contributed by atoms with Crippen molar-refractivity contribution < 1.29 is 17.5 Å². The Morgan fingerprint density at radius 1 is 0.912 bits per heavy atom. The lowest BCUT2D eigenvalue weighted by Crippen LogP contribution is -2.46. The molecule has 5 rings (SSSR count). The van der Waals surface area contributed by atoms with Gasteiger partial charge >= 0.3 is 0 Å². The first kappa shape index (κ1) is 22.8. The Balaban J connectivity index is 1.32. The van der Waals surface area contributed by atoms with Gasteiger partial charge in [-0.25, -0.2) is 17.5 Å². The zero-order valence-electron chi connectivity index (χ0n) is 18.9. The Kier molecular flexibility index (Phi) is 6.54. The summed E-state index contributed by atoms with van der Waals surface area (Å²) in [5.74, 6) is 0.187. The van der Waals surface area contributed by atoms with E-state index in [0.29, 0.717) is 56.1 Å². The van der Waals surface area contributed by atoms with Gasteiger partial charge in [0, 0.05) is 38.3 Å². The normalized spacial score (nSPS) is 20.3. The minimum atomic E-state index is -3.78. The maximum Gasteiger partial charge on any atom is 0.246 e. The fourth-order valence-corrected chi connectivity index (χ4v) is 6.23. The molecule has 1 fully saturated rings. The van der Waals surface area contributed by atoms with Gasteiger partial charge in [0.2, 0.25) is 10.0 Å². The van der Waals surface area contributed by atoms with Crippen molar-refractivity contribution in [2.75, 3.05) is 37.7 Å². The van der Waals surface area contributed by atoms with Crippen molar-refractivity contribution in [1.82, 2.24) is 9.62 Å². The van der Waals surface area contributed by atoms with Crippen molar-refractivity contribution in [1.29, 1.82) is 0 Å². The van der Waals surface area contributed by atoms with E-state index >= 15 is 0 Å². The van der Waals surface area contributed by atoms with E-state index in [-0.39, 0.29) is 23.4 Å². The van der Waals surface area contributed by atoms with Crippen LogP contribution in [0.2, 0.25) is 0 Å². The van der Waals surface area contributed by atoms with Gasteiger partial charge in [0.05, 0.1) is 11.7 Å². The molecule has 3 aromatic carbocycles. The smallest absolute Gasteiger partial charge is 0.246 e. The first-order valence-corrected chi connectivity index (χ1v) is 13.0. The monoisotopic (exact) mass is 481 g/mol. The van der Waals surface area contributed by atoms with E-state index in [1.54, 1.807) is 18.2 Å². The van der Waals surface area contributed by atoms with Crippen LogP contribution in [0.3, 0.4) is 0 Å². The van der Waals surface area contributed by atoms with Crippen LogP contribution >= 0.6 is 0 Å². The summed E-state index contributed by atoms with van der Waals surface area (Å²) in [5, 5.41) is 0. The summed E-state index contributed by atoms with van der Waals surface area (Å²) in [7, 11) is -3.78. The fourth-order valence-electron chi connectivity index (χ4n) is 4.65. The van der Waals surface area contributed by atoms with Crippen LogP contribution < -0.4 is 14.4 Å². The molecule has 1 N–H and O–H groups in total. The highest BCUT2D eigenvalue weighted by atomic mass is 32.2. The lowest BCUT2D eigenvalue weighted by Gasteiger charge is -2.37. The minimum absolute atomic E-state index is 0.197. The van der Waals surface area contributed by atoms with Crippen LogP contribution in [0.1, 0.15) is 11.1 Å². The van der Waals surface area contributed by atoms with Crippen molar-refractivity contribution in [2.45, 2.75) is 23.9 Å². The molecule has 1 saturated heterocycles. The molecule has 34 heavy (non-hydrogen) atoms. The van der Waals surface area contributed by atoms with Crippen LogP contribution in [-0.2, 0) is 23.0 Å². The number of nitrogens with one attached hydrogen (secondary N) is 1. The van der Waals surface area contributed by atoms with E-state index in [1.807, 2.05) is 48.5 Å². The maximum atomic E-state index is 14.0. The highest BCUT2D eigenvalue weighted by Gasteiger charge is 2.33. The third-order valence-electron chi connectivity index (χ3n) is 6.38. The SMILES string of the molecule is O=S1(=O)N[C@H](Cc2ccccc2)COc2cccc(N3CCN(Cc4ccccc4F)CC3)c21. The molecule has 0 spiro atoms.